The molecule has 0 saturated carbocycles. The molecule has 0 unspecified atom stereocenters. The van der Waals surface area contributed by atoms with E-state index in [-0.39, 0.29) is 11.0 Å². The quantitative estimate of drug-likeness (QED) is 0.915. The Morgan fingerprint density at radius 3 is 2.52 bits per heavy atom. The molecule has 0 bridgehead atoms. The number of thiazole rings is 1. The SMILES string of the molecule is Cc1csc(NS(=O)(=O)c2ccc(OC(C)C)c(C)c2)n1. The number of aromatic nitrogens is 1. The molecule has 1 aromatic heterocycles. The predicted molar refractivity (Wildman–Crippen MR) is 84.6 cm³/mol. The van der Waals surface area contributed by atoms with Crippen LogP contribution in [0.2, 0.25) is 0 Å². The van der Waals surface area contributed by atoms with Crippen LogP contribution in [0.15, 0.2) is 28.5 Å². The van der Waals surface area contributed by atoms with Gasteiger partial charge in [-0.1, -0.05) is 0 Å². The van der Waals surface area contributed by atoms with Crippen molar-refractivity contribution in [2.75, 3.05) is 4.72 Å². The molecule has 0 saturated heterocycles. The van der Waals surface area contributed by atoms with Crippen LogP contribution in [0.25, 0.3) is 0 Å². The largest absolute Gasteiger partial charge is 0.491 e. The van der Waals surface area contributed by atoms with Crippen LogP contribution in [0.1, 0.15) is 25.1 Å². The fourth-order valence-corrected chi connectivity index (χ4v) is 3.78. The molecule has 114 valence electrons. The van der Waals surface area contributed by atoms with Gasteiger partial charge in [-0.25, -0.2) is 13.4 Å². The van der Waals surface area contributed by atoms with Crippen LogP contribution < -0.4 is 9.46 Å². The van der Waals surface area contributed by atoms with E-state index in [0.29, 0.717) is 10.9 Å². The van der Waals surface area contributed by atoms with Gasteiger partial charge < -0.3 is 4.74 Å². The lowest BCUT2D eigenvalue weighted by Crippen LogP contribution is -2.13. The number of hydrogen-bond acceptors (Lipinski definition) is 5. The zero-order valence-electron chi connectivity index (χ0n) is 12.4. The Balaban J connectivity index is 2.26. The first-order valence-electron chi connectivity index (χ1n) is 6.50. The molecular weight excluding hydrogens is 308 g/mol. The monoisotopic (exact) mass is 326 g/mol. The molecule has 0 atom stereocenters. The number of nitrogens with one attached hydrogen (secondary N) is 1. The molecule has 2 aromatic rings. The van der Waals surface area contributed by atoms with E-state index in [1.165, 1.54) is 17.4 Å². The van der Waals surface area contributed by atoms with Crippen molar-refractivity contribution in [2.45, 2.75) is 38.7 Å². The Morgan fingerprint density at radius 1 is 1.29 bits per heavy atom. The minimum absolute atomic E-state index is 0.0441. The second-order valence-electron chi connectivity index (χ2n) is 4.99. The molecule has 1 N–H and O–H groups in total. The third-order valence-electron chi connectivity index (χ3n) is 2.66. The van der Waals surface area contributed by atoms with E-state index < -0.39 is 10.0 Å². The smallest absolute Gasteiger partial charge is 0.263 e. The maximum atomic E-state index is 12.3. The summed E-state index contributed by atoms with van der Waals surface area (Å²) < 4.78 is 32.7. The van der Waals surface area contributed by atoms with E-state index in [1.54, 1.807) is 17.5 Å². The van der Waals surface area contributed by atoms with Gasteiger partial charge in [0.2, 0.25) is 0 Å². The molecular formula is C14H18N2O3S2. The number of hydrogen-bond donors (Lipinski definition) is 1. The Hall–Kier alpha value is -1.60. The summed E-state index contributed by atoms with van der Waals surface area (Å²) in [5, 5.41) is 2.16. The molecule has 2 rings (SSSR count). The van der Waals surface area contributed by atoms with Crippen LogP contribution in [0.4, 0.5) is 5.13 Å². The molecule has 0 amide bonds. The lowest BCUT2D eigenvalue weighted by molar-refractivity contribution is 0.240. The van der Waals surface area contributed by atoms with Crippen molar-refractivity contribution in [3.05, 3.63) is 34.8 Å². The lowest BCUT2D eigenvalue weighted by Gasteiger charge is -2.13. The van der Waals surface area contributed by atoms with Crippen molar-refractivity contribution in [3.63, 3.8) is 0 Å². The summed E-state index contributed by atoms with van der Waals surface area (Å²) in [7, 11) is -3.63. The first-order chi connectivity index (χ1) is 9.78. The summed E-state index contributed by atoms with van der Waals surface area (Å²) in [5.74, 6) is 0.689. The summed E-state index contributed by atoms with van der Waals surface area (Å²) in [6.45, 7) is 7.49. The van der Waals surface area contributed by atoms with Crippen LogP contribution in [-0.2, 0) is 10.0 Å². The third kappa shape index (κ3) is 3.95. The summed E-state index contributed by atoms with van der Waals surface area (Å²) in [5.41, 5.74) is 1.57. The van der Waals surface area contributed by atoms with Crippen molar-refractivity contribution in [1.29, 1.82) is 0 Å². The van der Waals surface area contributed by atoms with Gasteiger partial charge in [-0.2, -0.15) is 0 Å². The molecule has 0 radical (unpaired) electrons. The van der Waals surface area contributed by atoms with E-state index >= 15 is 0 Å². The summed E-state index contributed by atoms with van der Waals surface area (Å²) in [6.07, 6.45) is 0.0441. The van der Waals surface area contributed by atoms with Crippen molar-refractivity contribution in [3.8, 4) is 5.75 Å². The Kier molecular flexibility index (Phi) is 4.53. The van der Waals surface area contributed by atoms with Gasteiger partial charge in [-0.3, -0.25) is 4.72 Å². The van der Waals surface area contributed by atoms with Crippen molar-refractivity contribution >= 4 is 26.5 Å². The van der Waals surface area contributed by atoms with E-state index in [4.69, 9.17) is 4.74 Å². The highest BCUT2D eigenvalue weighted by Crippen LogP contribution is 2.25. The fourth-order valence-electron chi connectivity index (χ4n) is 1.75. The zero-order chi connectivity index (χ0) is 15.6. The van der Waals surface area contributed by atoms with Gasteiger partial charge in [0.15, 0.2) is 5.13 Å². The second-order valence-corrected chi connectivity index (χ2v) is 7.53. The molecule has 0 aliphatic rings. The Morgan fingerprint density at radius 2 is 2.00 bits per heavy atom. The van der Waals surface area contributed by atoms with Crippen LogP contribution in [0, 0.1) is 13.8 Å². The van der Waals surface area contributed by atoms with Gasteiger partial charge in [-0.15, -0.1) is 11.3 Å². The summed E-state index contributed by atoms with van der Waals surface area (Å²) in [6, 6.07) is 4.81. The van der Waals surface area contributed by atoms with Crippen LogP contribution >= 0.6 is 11.3 Å². The third-order valence-corrected chi connectivity index (χ3v) is 5.00. The van der Waals surface area contributed by atoms with Crippen LogP contribution in [-0.4, -0.2) is 19.5 Å². The summed E-state index contributed by atoms with van der Waals surface area (Å²) >= 11 is 1.26. The molecule has 5 nitrogen and oxygen atoms in total. The molecule has 0 aliphatic carbocycles. The maximum Gasteiger partial charge on any atom is 0.263 e. The van der Waals surface area contributed by atoms with E-state index in [0.717, 1.165) is 11.3 Å². The minimum atomic E-state index is -3.63. The molecule has 1 aromatic carbocycles. The number of nitrogens with zero attached hydrogens (tertiary/aromatic N) is 1. The standard InChI is InChI=1S/C14H18N2O3S2/c1-9(2)19-13-6-5-12(7-10(13)3)21(17,18)16-14-15-11(4)8-20-14/h5-9H,1-4H3,(H,15,16). The zero-order valence-corrected chi connectivity index (χ0v) is 14.0. The average molecular weight is 326 g/mol. The van der Waals surface area contributed by atoms with E-state index in [1.807, 2.05) is 27.7 Å². The van der Waals surface area contributed by atoms with Crippen LogP contribution in [0.5, 0.6) is 5.75 Å². The highest BCUT2D eigenvalue weighted by molar-refractivity contribution is 7.93. The molecule has 1 heterocycles. The van der Waals surface area contributed by atoms with Gasteiger partial charge in [-0.05, 0) is 51.5 Å². The highest BCUT2D eigenvalue weighted by atomic mass is 32.2. The molecule has 0 aliphatic heterocycles. The minimum Gasteiger partial charge on any atom is -0.491 e. The van der Waals surface area contributed by atoms with Crippen molar-refractivity contribution < 1.29 is 13.2 Å². The highest BCUT2D eigenvalue weighted by Gasteiger charge is 2.17. The molecule has 7 heteroatoms. The molecule has 0 fully saturated rings. The van der Waals surface area contributed by atoms with Gasteiger partial charge in [0.25, 0.3) is 10.0 Å². The molecule has 0 spiro atoms. The maximum absolute atomic E-state index is 12.3. The van der Waals surface area contributed by atoms with Gasteiger partial charge in [0.05, 0.1) is 16.7 Å². The number of benzene rings is 1. The first-order valence-corrected chi connectivity index (χ1v) is 8.86. The first kappa shape index (κ1) is 15.8. The summed E-state index contributed by atoms with van der Waals surface area (Å²) in [4.78, 5) is 4.30. The second kappa shape index (κ2) is 6.03. The number of aryl methyl sites for hydroxylation is 2. The normalized spacial score (nSPS) is 11.7. The van der Waals surface area contributed by atoms with Gasteiger partial charge >= 0.3 is 0 Å². The Labute approximate surface area is 129 Å². The predicted octanol–water partition coefficient (Wildman–Crippen LogP) is 3.35. The lowest BCUT2D eigenvalue weighted by atomic mass is 10.2. The molecule has 21 heavy (non-hydrogen) atoms. The number of ether oxygens (including phenoxy) is 1. The van der Waals surface area contributed by atoms with Gasteiger partial charge in [0.1, 0.15) is 5.75 Å². The van der Waals surface area contributed by atoms with E-state index in [2.05, 4.69) is 9.71 Å². The van der Waals surface area contributed by atoms with E-state index in [9.17, 15) is 8.42 Å². The average Bonchev–Trinajstić information content (AvgIpc) is 2.76. The fraction of sp³-hybridized carbons (Fsp3) is 0.357. The number of sulfonamides is 1. The number of anilines is 1. The van der Waals surface area contributed by atoms with Crippen molar-refractivity contribution in [2.24, 2.45) is 0 Å². The van der Waals surface area contributed by atoms with Crippen molar-refractivity contribution in [1.82, 2.24) is 4.98 Å². The number of rotatable bonds is 5. The topological polar surface area (TPSA) is 68.3 Å². The Bertz CT molecular complexity index is 736. The van der Waals surface area contributed by atoms with Crippen LogP contribution in [0.3, 0.4) is 0 Å². The van der Waals surface area contributed by atoms with Gasteiger partial charge in [0, 0.05) is 5.38 Å².